The van der Waals surface area contributed by atoms with E-state index in [9.17, 15) is 5.11 Å². The van der Waals surface area contributed by atoms with E-state index in [0.29, 0.717) is 5.92 Å². The van der Waals surface area contributed by atoms with Crippen LogP contribution in [0.25, 0.3) is 0 Å². The third-order valence-corrected chi connectivity index (χ3v) is 2.67. The van der Waals surface area contributed by atoms with Crippen LogP contribution in [0.4, 0.5) is 0 Å². The molecule has 90 valence electrons. The average Bonchev–Trinajstić information content (AvgIpc) is 2.27. The van der Waals surface area contributed by atoms with Gasteiger partial charge < -0.3 is 9.84 Å². The molecule has 0 aliphatic heterocycles. The van der Waals surface area contributed by atoms with Gasteiger partial charge in [-0.15, -0.1) is 0 Å². The van der Waals surface area contributed by atoms with E-state index in [1.807, 2.05) is 24.3 Å². The van der Waals surface area contributed by atoms with Crippen molar-refractivity contribution >= 4 is 0 Å². The number of hydrogen-bond acceptors (Lipinski definition) is 2. The summed E-state index contributed by atoms with van der Waals surface area (Å²) in [4.78, 5) is 0. The number of ether oxygens (including phenoxy) is 1. The Labute approximate surface area is 98.3 Å². The van der Waals surface area contributed by atoms with Crippen LogP contribution in [0.5, 0.6) is 5.75 Å². The molecule has 0 saturated carbocycles. The predicted molar refractivity (Wildman–Crippen MR) is 66.6 cm³/mol. The van der Waals surface area contributed by atoms with Gasteiger partial charge in [0.2, 0.25) is 0 Å². The van der Waals surface area contributed by atoms with Crippen LogP contribution in [0.2, 0.25) is 0 Å². The molecule has 0 amide bonds. The molecule has 0 bridgehead atoms. The number of aliphatic hydroxyl groups excluding tert-OH is 1. The first-order valence-corrected chi connectivity index (χ1v) is 6.05. The number of rotatable bonds is 6. The summed E-state index contributed by atoms with van der Waals surface area (Å²) in [6, 6.07) is 7.68. The van der Waals surface area contributed by atoms with Gasteiger partial charge in [-0.1, -0.05) is 38.5 Å². The van der Waals surface area contributed by atoms with E-state index >= 15 is 0 Å². The van der Waals surface area contributed by atoms with Gasteiger partial charge in [-0.3, -0.25) is 0 Å². The van der Waals surface area contributed by atoms with Crippen LogP contribution in [0, 0.1) is 5.92 Å². The van der Waals surface area contributed by atoms with Crippen molar-refractivity contribution in [3.8, 4) is 5.75 Å². The molecule has 1 aromatic rings. The Hall–Kier alpha value is -1.02. The smallest absolute Gasteiger partial charge is 0.125 e. The molecule has 0 aromatic heterocycles. The lowest BCUT2D eigenvalue weighted by Crippen LogP contribution is -2.09. The normalized spacial score (nSPS) is 14.5. The Kier molecular flexibility index (Phi) is 5.33. The summed E-state index contributed by atoms with van der Waals surface area (Å²) in [5, 5.41) is 9.59. The highest BCUT2D eigenvalue weighted by Gasteiger charge is 2.09. The maximum Gasteiger partial charge on any atom is 0.125 e. The lowest BCUT2D eigenvalue weighted by Gasteiger charge is -2.16. The van der Waals surface area contributed by atoms with Gasteiger partial charge in [-0.25, -0.2) is 0 Å². The highest BCUT2D eigenvalue weighted by Crippen LogP contribution is 2.25. The number of aliphatic hydroxyl groups is 1. The van der Waals surface area contributed by atoms with Crippen molar-refractivity contribution in [2.24, 2.45) is 5.92 Å². The number of para-hydroxylation sites is 1. The molecule has 1 rings (SSSR count). The van der Waals surface area contributed by atoms with Gasteiger partial charge >= 0.3 is 0 Å². The molecule has 2 heteroatoms. The fourth-order valence-corrected chi connectivity index (χ4v) is 1.77. The Morgan fingerprint density at radius 1 is 1.25 bits per heavy atom. The molecule has 2 nitrogen and oxygen atoms in total. The minimum atomic E-state index is -0.474. The van der Waals surface area contributed by atoms with Crippen LogP contribution in [-0.4, -0.2) is 11.7 Å². The molecule has 0 fully saturated rings. The molecule has 0 aliphatic rings. The molecule has 0 spiro atoms. The van der Waals surface area contributed by atoms with E-state index in [1.165, 1.54) is 12.8 Å². The van der Waals surface area contributed by atoms with Crippen LogP contribution in [0.3, 0.4) is 0 Å². The average molecular weight is 222 g/mol. The van der Waals surface area contributed by atoms with Crippen molar-refractivity contribution in [2.75, 3.05) is 6.61 Å². The van der Waals surface area contributed by atoms with E-state index in [4.69, 9.17) is 4.74 Å². The largest absolute Gasteiger partial charge is 0.493 e. The third-order valence-electron chi connectivity index (χ3n) is 2.67. The second kappa shape index (κ2) is 6.54. The summed E-state index contributed by atoms with van der Waals surface area (Å²) in [5.74, 6) is 1.37. The van der Waals surface area contributed by atoms with Crippen molar-refractivity contribution < 1.29 is 9.84 Å². The van der Waals surface area contributed by atoms with Crippen molar-refractivity contribution in [1.82, 2.24) is 0 Å². The first-order valence-electron chi connectivity index (χ1n) is 6.05. The molecule has 0 heterocycles. The molecular formula is C14H22O2. The van der Waals surface area contributed by atoms with Gasteiger partial charge in [0.1, 0.15) is 5.75 Å². The van der Waals surface area contributed by atoms with Crippen LogP contribution < -0.4 is 4.74 Å². The molecule has 2 atom stereocenters. The van der Waals surface area contributed by atoms with Gasteiger partial charge in [-0.2, -0.15) is 0 Å². The van der Waals surface area contributed by atoms with E-state index in [-0.39, 0.29) is 0 Å². The van der Waals surface area contributed by atoms with Crippen LogP contribution >= 0.6 is 0 Å². The van der Waals surface area contributed by atoms with Crippen molar-refractivity contribution in [3.05, 3.63) is 29.8 Å². The second-order valence-corrected chi connectivity index (χ2v) is 4.42. The Morgan fingerprint density at radius 3 is 2.56 bits per heavy atom. The quantitative estimate of drug-likeness (QED) is 0.797. The number of benzene rings is 1. The maximum atomic E-state index is 9.59. The standard InChI is InChI=1S/C14H22O2/c1-4-7-11(2)10-16-14-9-6-5-8-13(14)12(3)15/h5-6,8-9,11-12,15H,4,7,10H2,1-3H3/t11?,12-/m0/s1. The molecule has 1 unspecified atom stereocenters. The summed E-state index contributed by atoms with van der Waals surface area (Å²) in [7, 11) is 0. The molecule has 0 aliphatic carbocycles. The second-order valence-electron chi connectivity index (χ2n) is 4.42. The van der Waals surface area contributed by atoms with Gasteiger partial charge in [0.15, 0.2) is 0 Å². The summed E-state index contributed by atoms with van der Waals surface area (Å²) in [5.41, 5.74) is 0.867. The van der Waals surface area contributed by atoms with Crippen LogP contribution in [0.15, 0.2) is 24.3 Å². The highest BCUT2D eigenvalue weighted by atomic mass is 16.5. The van der Waals surface area contributed by atoms with E-state index < -0.39 is 6.10 Å². The molecule has 1 aromatic carbocycles. The highest BCUT2D eigenvalue weighted by molar-refractivity contribution is 5.34. The van der Waals surface area contributed by atoms with E-state index in [2.05, 4.69) is 13.8 Å². The molecule has 16 heavy (non-hydrogen) atoms. The zero-order valence-electron chi connectivity index (χ0n) is 10.4. The Balaban J connectivity index is 2.59. The third kappa shape index (κ3) is 3.86. The summed E-state index contributed by atoms with van der Waals surface area (Å²) in [6.07, 6.45) is 1.89. The van der Waals surface area contributed by atoms with E-state index in [0.717, 1.165) is 17.9 Å². The zero-order valence-corrected chi connectivity index (χ0v) is 10.4. The lowest BCUT2D eigenvalue weighted by molar-refractivity contribution is 0.186. The summed E-state index contributed by atoms with van der Waals surface area (Å²) in [6.45, 7) is 6.85. The fraction of sp³-hybridized carbons (Fsp3) is 0.571. The van der Waals surface area contributed by atoms with Gasteiger partial charge in [-0.05, 0) is 25.3 Å². The minimum Gasteiger partial charge on any atom is -0.493 e. The summed E-state index contributed by atoms with van der Waals surface area (Å²) < 4.78 is 5.75. The van der Waals surface area contributed by atoms with Gasteiger partial charge in [0.25, 0.3) is 0 Å². The topological polar surface area (TPSA) is 29.5 Å². The Bertz CT molecular complexity index is 307. The maximum absolute atomic E-state index is 9.59. The van der Waals surface area contributed by atoms with Crippen LogP contribution in [-0.2, 0) is 0 Å². The van der Waals surface area contributed by atoms with Gasteiger partial charge in [0.05, 0.1) is 12.7 Å². The van der Waals surface area contributed by atoms with E-state index in [1.54, 1.807) is 6.92 Å². The van der Waals surface area contributed by atoms with Crippen molar-refractivity contribution in [1.29, 1.82) is 0 Å². The Morgan fingerprint density at radius 2 is 1.94 bits per heavy atom. The number of hydrogen-bond donors (Lipinski definition) is 1. The fourth-order valence-electron chi connectivity index (χ4n) is 1.77. The monoisotopic (exact) mass is 222 g/mol. The summed E-state index contributed by atoms with van der Waals surface area (Å²) >= 11 is 0. The first kappa shape index (κ1) is 13.0. The molecular weight excluding hydrogens is 200 g/mol. The molecule has 0 saturated heterocycles. The zero-order chi connectivity index (χ0) is 12.0. The lowest BCUT2D eigenvalue weighted by atomic mass is 10.1. The molecule has 0 radical (unpaired) electrons. The SMILES string of the molecule is CCCC(C)COc1ccccc1[C@H](C)O. The van der Waals surface area contributed by atoms with Crippen molar-refractivity contribution in [2.45, 2.75) is 39.7 Å². The minimum absolute atomic E-state index is 0.474. The van der Waals surface area contributed by atoms with Crippen molar-refractivity contribution in [3.63, 3.8) is 0 Å². The van der Waals surface area contributed by atoms with Crippen LogP contribution in [0.1, 0.15) is 45.3 Å². The molecule has 1 N–H and O–H groups in total. The first-order chi connectivity index (χ1) is 7.65. The predicted octanol–water partition coefficient (Wildman–Crippen LogP) is 3.55. The van der Waals surface area contributed by atoms with Gasteiger partial charge in [0, 0.05) is 5.56 Å².